The van der Waals surface area contributed by atoms with Gasteiger partial charge in [0.1, 0.15) is 0 Å². The number of halogens is 1. The number of aryl methyl sites for hydroxylation is 2. The minimum Gasteiger partial charge on any atom is -0.225 e. The number of aromatic nitrogens is 3. The summed E-state index contributed by atoms with van der Waals surface area (Å²) in [5.74, 6) is 0.463. The third-order valence-electron chi connectivity index (χ3n) is 0.816. The standard InChI is InChI=1S/C4H6FN3/c1-3-6-4(5)8(2)7-3/h1-2H3. The minimum absolute atomic E-state index is 0.463. The summed E-state index contributed by atoms with van der Waals surface area (Å²) in [4.78, 5) is 3.40. The van der Waals surface area contributed by atoms with E-state index in [1.807, 2.05) is 0 Å². The van der Waals surface area contributed by atoms with Crippen LogP contribution in [0.3, 0.4) is 0 Å². The van der Waals surface area contributed by atoms with Crippen LogP contribution in [-0.2, 0) is 7.05 Å². The van der Waals surface area contributed by atoms with E-state index in [1.165, 1.54) is 7.05 Å². The van der Waals surface area contributed by atoms with Gasteiger partial charge in [-0.3, -0.25) is 0 Å². The van der Waals surface area contributed by atoms with Crippen molar-refractivity contribution in [2.45, 2.75) is 6.92 Å². The first-order valence-corrected chi connectivity index (χ1v) is 2.23. The Labute approximate surface area is 46.2 Å². The molecule has 0 spiro atoms. The summed E-state index contributed by atoms with van der Waals surface area (Å²) < 4.78 is 13.2. The van der Waals surface area contributed by atoms with E-state index in [0.29, 0.717) is 5.82 Å². The summed E-state index contributed by atoms with van der Waals surface area (Å²) in [6, 6.07) is 0. The Hall–Kier alpha value is -0.930. The third-order valence-corrected chi connectivity index (χ3v) is 0.816. The zero-order valence-corrected chi connectivity index (χ0v) is 4.72. The second-order valence-corrected chi connectivity index (χ2v) is 1.55. The van der Waals surface area contributed by atoms with Crippen molar-refractivity contribution in [3.05, 3.63) is 11.9 Å². The van der Waals surface area contributed by atoms with Gasteiger partial charge in [0.25, 0.3) is 0 Å². The molecule has 0 aromatic carbocycles. The molecule has 0 amide bonds. The van der Waals surface area contributed by atoms with Crippen LogP contribution in [0.1, 0.15) is 5.82 Å². The molecule has 0 N–H and O–H groups in total. The van der Waals surface area contributed by atoms with Crippen molar-refractivity contribution in [1.29, 1.82) is 0 Å². The maximum atomic E-state index is 12.1. The van der Waals surface area contributed by atoms with E-state index in [-0.39, 0.29) is 0 Å². The highest BCUT2D eigenvalue weighted by Gasteiger charge is 1.98. The summed E-state index contributed by atoms with van der Waals surface area (Å²) >= 11 is 0. The van der Waals surface area contributed by atoms with Crippen molar-refractivity contribution >= 4 is 0 Å². The molecule has 44 valence electrons. The first kappa shape index (κ1) is 5.21. The van der Waals surface area contributed by atoms with Gasteiger partial charge >= 0.3 is 6.08 Å². The summed E-state index contributed by atoms with van der Waals surface area (Å²) in [7, 11) is 1.51. The fraction of sp³-hybridized carbons (Fsp3) is 0.500. The molecular weight excluding hydrogens is 109 g/mol. The van der Waals surface area contributed by atoms with Crippen molar-refractivity contribution in [3.8, 4) is 0 Å². The van der Waals surface area contributed by atoms with Crippen LogP contribution in [0.5, 0.6) is 0 Å². The molecule has 0 aliphatic carbocycles. The molecule has 0 bridgehead atoms. The fourth-order valence-corrected chi connectivity index (χ4v) is 0.487. The molecule has 1 rings (SSSR count). The number of hydrogen-bond donors (Lipinski definition) is 0. The first-order chi connectivity index (χ1) is 3.70. The van der Waals surface area contributed by atoms with E-state index in [2.05, 4.69) is 10.1 Å². The van der Waals surface area contributed by atoms with Crippen molar-refractivity contribution in [1.82, 2.24) is 14.8 Å². The van der Waals surface area contributed by atoms with Gasteiger partial charge in [0.2, 0.25) is 0 Å². The highest BCUT2D eigenvalue weighted by molar-refractivity contribution is 4.75. The van der Waals surface area contributed by atoms with Gasteiger partial charge < -0.3 is 0 Å². The van der Waals surface area contributed by atoms with Crippen LogP contribution in [0.2, 0.25) is 0 Å². The van der Waals surface area contributed by atoms with Gasteiger partial charge in [-0.25, -0.2) is 4.68 Å². The lowest BCUT2D eigenvalue weighted by atomic mass is 10.8. The second kappa shape index (κ2) is 1.54. The van der Waals surface area contributed by atoms with Crippen LogP contribution in [0, 0.1) is 13.0 Å². The van der Waals surface area contributed by atoms with E-state index in [0.717, 1.165) is 4.68 Å². The molecule has 1 aromatic rings. The zero-order valence-electron chi connectivity index (χ0n) is 4.72. The van der Waals surface area contributed by atoms with Crippen LogP contribution < -0.4 is 0 Å². The molecule has 0 fully saturated rings. The molecule has 3 nitrogen and oxygen atoms in total. The van der Waals surface area contributed by atoms with Crippen LogP contribution in [0.25, 0.3) is 0 Å². The van der Waals surface area contributed by atoms with Gasteiger partial charge in [0.15, 0.2) is 5.82 Å². The maximum Gasteiger partial charge on any atom is 0.307 e. The molecular formula is C4H6FN3. The van der Waals surface area contributed by atoms with Gasteiger partial charge in [-0.2, -0.15) is 14.5 Å². The molecule has 4 heteroatoms. The molecule has 0 atom stereocenters. The monoisotopic (exact) mass is 115 g/mol. The van der Waals surface area contributed by atoms with Crippen molar-refractivity contribution in [3.63, 3.8) is 0 Å². The average molecular weight is 115 g/mol. The molecule has 0 aliphatic heterocycles. The van der Waals surface area contributed by atoms with E-state index in [4.69, 9.17) is 0 Å². The number of rotatable bonds is 0. The lowest BCUT2D eigenvalue weighted by Crippen LogP contribution is -1.93. The summed E-state index contributed by atoms with van der Waals surface area (Å²) in [6.45, 7) is 1.64. The Kier molecular flexibility index (Phi) is 1.00. The predicted molar refractivity (Wildman–Crippen MR) is 25.7 cm³/mol. The summed E-state index contributed by atoms with van der Waals surface area (Å²) in [5.41, 5.74) is 0. The van der Waals surface area contributed by atoms with Crippen LogP contribution in [0.4, 0.5) is 4.39 Å². The topological polar surface area (TPSA) is 30.7 Å². The van der Waals surface area contributed by atoms with Crippen LogP contribution in [0.15, 0.2) is 0 Å². The SMILES string of the molecule is Cc1nc(F)n(C)n1. The third kappa shape index (κ3) is 0.685. The Morgan fingerprint density at radius 1 is 1.62 bits per heavy atom. The lowest BCUT2D eigenvalue weighted by Gasteiger charge is -1.80. The minimum atomic E-state index is -0.539. The fourth-order valence-electron chi connectivity index (χ4n) is 0.487. The normalized spacial score (nSPS) is 9.88. The molecule has 0 radical (unpaired) electrons. The maximum absolute atomic E-state index is 12.1. The van der Waals surface area contributed by atoms with E-state index in [1.54, 1.807) is 6.92 Å². The van der Waals surface area contributed by atoms with Gasteiger partial charge in [-0.05, 0) is 6.92 Å². The second-order valence-electron chi connectivity index (χ2n) is 1.55. The molecule has 0 saturated carbocycles. The lowest BCUT2D eigenvalue weighted by molar-refractivity contribution is 0.477. The smallest absolute Gasteiger partial charge is 0.225 e. The predicted octanol–water partition coefficient (Wildman–Crippen LogP) is 0.263. The molecule has 1 aromatic heterocycles. The summed E-state index contributed by atoms with van der Waals surface area (Å²) in [5, 5.41) is 3.64. The Bertz CT molecular complexity index is 174. The van der Waals surface area contributed by atoms with Crippen molar-refractivity contribution < 1.29 is 4.39 Å². The van der Waals surface area contributed by atoms with E-state index < -0.39 is 6.08 Å². The molecule has 0 saturated heterocycles. The van der Waals surface area contributed by atoms with Crippen LogP contribution in [-0.4, -0.2) is 14.8 Å². The van der Waals surface area contributed by atoms with Gasteiger partial charge in [0, 0.05) is 7.05 Å². The van der Waals surface area contributed by atoms with Crippen LogP contribution >= 0.6 is 0 Å². The van der Waals surface area contributed by atoms with Crippen molar-refractivity contribution in [2.24, 2.45) is 7.05 Å². The first-order valence-electron chi connectivity index (χ1n) is 2.23. The summed E-state index contributed by atoms with van der Waals surface area (Å²) in [6.07, 6.45) is -0.539. The number of hydrogen-bond acceptors (Lipinski definition) is 2. The number of nitrogens with zero attached hydrogens (tertiary/aromatic N) is 3. The van der Waals surface area contributed by atoms with E-state index in [9.17, 15) is 4.39 Å². The van der Waals surface area contributed by atoms with Crippen molar-refractivity contribution in [2.75, 3.05) is 0 Å². The molecule has 8 heavy (non-hydrogen) atoms. The Balaban J connectivity index is 3.14. The average Bonchev–Trinajstić information content (AvgIpc) is 1.85. The highest BCUT2D eigenvalue weighted by atomic mass is 19.1. The van der Waals surface area contributed by atoms with Gasteiger partial charge in [-0.15, -0.1) is 0 Å². The quantitative estimate of drug-likeness (QED) is 0.485. The molecule has 1 heterocycles. The molecule has 0 aliphatic rings. The van der Waals surface area contributed by atoms with E-state index >= 15 is 0 Å². The van der Waals surface area contributed by atoms with Gasteiger partial charge in [-0.1, -0.05) is 0 Å². The Morgan fingerprint density at radius 2 is 2.25 bits per heavy atom. The highest BCUT2D eigenvalue weighted by Crippen LogP contribution is 1.89. The largest absolute Gasteiger partial charge is 0.307 e. The molecule has 0 unspecified atom stereocenters. The Morgan fingerprint density at radius 3 is 2.38 bits per heavy atom. The zero-order chi connectivity index (χ0) is 6.15. The van der Waals surface area contributed by atoms with Gasteiger partial charge in [0.05, 0.1) is 0 Å².